The molecule has 0 atom stereocenters. The fourth-order valence-electron chi connectivity index (χ4n) is 1.97. The van der Waals surface area contributed by atoms with Crippen LogP contribution in [0, 0.1) is 0 Å². The van der Waals surface area contributed by atoms with E-state index in [-0.39, 0.29) is 17.2 Å². The highest BCUT2D eigenvalue weighted by molar-refractivity contribution is 7.91. The van der Waals surface area contributed by atoms with Gasteiger partial charge < -0.3 is 5.32 Å². The predicted molar refractivity (Wildman–Crippen MR) is 87.4 cm³/mol. The average molecular weight is 352 g/mol. The largest absolute Gasteiger partial charge is 0.337 e. The van der Waals surface area contributed by atoms with Gasteiger partial charge in [-0.15, -0.1) is 10.2 Å². The minimum absolute atomic E-state index is 0.0251. The fraction of sp³-hybridized carbons (Fsp3) is 0.357. The summed E-state index contributed by atoms with van der Waals surface area (Å²) in [4.78, 5) is 12.0. The van der Waals surface area contributed by atoms with E-state index < -0.39 is 15.9 Å². The Morgan fingerprint density at radius 3 is 2.65 bits per heavy atom. The van der Waals surface area contributed by atoms with Crippen LogP contribution in [-0.2, 0) is 9.84 Å². The van der Waals surface area contributed by atoms with Gasteiger partial charge in [0.1, 0.15) is 5.01 Å². The molecule has 0 aliphatic heterocycles. The van der Waals surface area contributed by atoms with E-state index in [1.54, 1.807) is 18.2 Å². The van der Waals surface area contributed by atoms with Crippen LogP contribution in [0.25, 0.3) is 0 Å². The van der Waals surface area contributed by atoms with Crippen molar-refractivity contribution in [1.29, 1.82) is 0 Å². The van der Waals surface area contributed by atoms with Gasteiger partial charge >= 0.3 is 6.03 Å². The highest BCUT2D eigenvalue weighted by atomic mass is 32.2. The van der Waals surface area contributed by atoms with Gasteiger partial charge in [0, 0.05) is 12.5 Å². The summed E-state index contributed by atoms with van der Waals surface area (Å²) in [6.07, 6.45) is 2.25. The van der Waals surface area contributed by atoms with Gasteiger partial charge in [0.05, 0.1) is 10.6 Å². The van der Waals surface area contributed by atoms with Crippen LogP contribution in [0.5, 0.6) is 0 Å². The summed E-state index contributed by atoms with van der Waals surface area (Å²) in [5.74, 6) is 0.329. The molecule has 1 aliphatic rings. The van der Waals surface area contributed by atoms with Crippen molar-refractivity contribution in [2.45, 2.75) is 23.7 Å². The standard InChI is InChI=1S/C14H16N4O3S2/c19-13(16-14-18-17-12(22-14)10-6-7-10)15-8-9-23(20,21)11-4-2-1-3-5-11/h1-5,10H,6-9H2,(H2,15,16,18,19). The first kappa shape index (κ1) is 15.9. The number of urea groups is 1. The summed E-state index contributed by atoms with van der Waals surface area (Å²) < 4.78 is 24.1. The number of carbonyl (C=O) groups excluding carboxylic acids is 1. The lowest BCUT2D eigenvalue weighted by Crippen LogP contribution is -2.32. The number of benzene rings is 1. The first-order valence-corrected chi connectivity index (χ1v) is 9.67. The van der Waals surface area contributed by atoms with Crippen molar-refractivity contribution in [3.05, 3.63) is 35.3 Å². The molecule has 0 bridgehead atoms. The molecule has 9 heteroatoms. The van der Waals surface area contributed by atoms with Crippen LogP contribution in [0.3, 0.4) is 0 Å². The van der Waals surface area contributed by atoms with E-state index in [4.69, 9.17) is 0 Å². The zero-order chi connectivity index (χ0) is 16.3. The Morgan fingerprint density at radius 1 is 1.22 bits per heavy atom. The second-order valence-electron chi connectivity index (χ2n) is 5.23. The molecule has 23 heavy (non-hydrogen) atoms. The van der Waals surface area contributed by atoms with Crippen LogP contribution in [-0.4, -0.2) is 36.9 Å². The number of amides is 2. The van der Waals surface area contributed by atoms with Crippen molar-refractivity contribution >= 4 is 32.3 Å². The second-order valence-corrected chi connectivity index (χ2v) is 8.35. The minimum Gasteiger partial charge on any atom is -0.337 e. The number of rotatable bonds is 6. The van der Waals surface area contributed by atoms with Crippen molar-refractivity contribution < 1.29 is 13.2 Å². The molecule has 1 aromatic heterocycles. The van der Waals surface area contributed by atoms with E-state index in [1.165, 1.54) is 23.5 Å². The van der Waals surface area contributed by atoms with Crippen LogP contribution in [0.1, 0.15) is 23.8 Å². The number of aromatic nitrogens is 2. The first-order chi connectivity index (χ1) is 11.0. The molecular weight excluding hydrogens is 336 g/mol. The molecule has 0 saturated heterocycles. The van der Waals surface area contributed by atoms with Crippen LogP contribution < -0.4 is 10.6 Å². The van der Waals surface area contributed by atoms with Crippen molar-refractivity contribution in [3.63, 3.8) is 0 Å². The molecule has 1 aromatic carbocycles. The molecule has 122 valence electrons. The fourth-order valence-corrected chi connectivity index (χ4v) is 4.05. The summed E-state index contributed by atoms with van der Waals surface area (Å²) in [5.41, 5.74) is 0. The van der Waals surface area contributed by atoms with Gasteiger partial charge in [0.15, 0.2) is 9.84 Å². The number of nitrogens with one attached hydrogen (secondary N) is 2. The van der Waals surface area contributed by atoms with Gasteiger partial charge in [0.2, 0.25) is 5.13 Å². The van der Waals surface area contributed by atoms with E-state index >= 15 is 0 Å². The Balaban J connectivity index is 1.47. The molecular formula is C14H16N4O3S2. The molecule has 7 nitrogen and oxygen atoms in total. The van der Waals surface area contributed by atoms with Gasteiger partial charge in [-0.2, -0.15) is 0 Å². The van der Waals surface area contributed by atoms with Gasteiger partial charge in [-0.1, -0.05) is 29.5 Å². The van der Waals surface area contributed by atoms with E-state index in [2.05, 4.69) is 20.8 Å². The molecule has 1 aliphatic carbocycles. The summed E-state index contributed by atoms with van der Waals surface area (Å²) >= 11 is 1.36. The SMILES string of the molecule is O=C(NCCS(=O)(=O)c1ccccc1)Nc1nnc(C2CC2)s1. The third kappa shape index (κ3) is 4.26. The Kier molecular flexibility index (Phi) is 4.58. The van der Waals surface area contributed by atoms with Crippen LogP contribution in [0.4, 0.5) is 9.93 Å². The zero-order valence-electron chi connectivity index (χ0n) is 12.2. The molecule has 2 N–H and O–H groups in total. The van der Waals surface area contributed by atoms with Crippen LogP contribution in [0.2, 0.25) is 0 Å². The summed E-state index contributed by atoms with van der Waals surface area (Å²) in [6, 6.07) is 7.68. The predicted octanol–water partition coefficient (Wildman–Crippen LogP) is 2.01. The third-order valence-electron chi connectivity index (χ3n) is 3.35. The monoisotopic (exact) mass is 352 g/mol. The molecule has 1 fully saturated rings. The van der Waals surface area contributed by atoms with Crippen molar-refractivity contribution in [2.24, 2.45) is 0 Å². The molecule has 3 rings (SSSR count). The number of sulfone groups is 1. The maximum atomic E-state index is 12.1. The second kappa shape index (κ2) is 6.63. The highest BCUT2D eigenvalue weighted by Crippen LogP contribution is 2.41. The van der Waals surface area contributed by atoms with Gasteiger partial charge in [-0.3, -0.25) is 5.32 Å². The van der Waals surface area contributed by atoms with Gasteiger partial charge in [0.25, 0.3) is 0 Å². The minimum atomic E-state index is -3.40. The summed E-state index contributed by atoms with van der Waals surface area (Å²) in [6.45, 7) is 0.0251. The normalized spacial score (nSPS) is 14.4. The van der Waals surface area contributed by atoms with Crippen molar-refractivity contribution in [2.75, 3.05) is 17.6 Å². The van der Waals surface area contributed by atoms with E-state index in [9.17, 15) is 13.2 Å². The lowest BCUT2D eigenvalue weighted by atomic mass is 10.4. The number of nitrogens with zero attached hydrogens (tertiary/aromatic N) is 2. The third-order valence-corrected chi connectivity index (χ3v) is 6.08. The highest BCUT2D eigenvalue weighted by Gasteiger charge is 2.27. The average Bonchev–Trinajstić information content (AvgIpc) is 3.28. The van der Waals surface area contributed by atoms with E-state index in [0.717, 1.165) is 17.8 Å². The maximum Gasteiger partial charge on any atom is 0.321 e. The van der Waals surface area contributed by atoms with Crippen molar-refractivity contribution in [3.8, 4) is 0 Å². The summed E-state index contributed by atoms with van der Waals surface area (Å²) in [7, 11) is -3.40. The molecule has 1 heterocycles. The lowest BCUT2D eigenvalue weighted by molar-refractivity contribution is 0.252. The van der Waals surface area contributed by atoms with Crippen molar-refractivity contribution in [1.82, 2.24) is 15.5 Å². The molecule has 0 spiro atoms. The molecule has 0 unspecified atom stereocenters. The molecule has 2 aromatic rings. The Bertz CT molecular complexity index is 785. The van der Waals surface area contributed by atoms with E-state index in [0.29, 0.717) is 11.0 Å². The molecule has 2 amide bonds. The topological polar surface area (TPSA) is 101 Å². The molecule has 0 radical (unpaired) electrons. The smallest absolute Gasteiger partial charge is 0.321 e. The van der Waals surface area contributed by atoms with Gasteiger partial charge in [-0.25, -0.2) is 13.2 Å². The number of anilines is 1. The maximum absolute atomic E-state index is 12.1. The Labute approximate surface area is 138 Å². The lowest BCUT2D eigenvalue weighted by Gasteiger charge is -2.06. The Hall–Kier alpha value is -2.00. The quantitative estimate of drug-likeness (QED) is 0.828. The number of hydrogen-bond acceptors (Lipinski definition) is 6. The van der Waals surface area contributed by atoms with Crippen LogP contribution >= 0.6 is 11.3 Å². The van der Waals surface area contributed by atoms with Crippen LogP contribution in [0.15, 0.2) is 35.2 Å². The zero-order valence-corrected chi connectivity index (χ0v) is 13.9. The Morgan fingerprint density at radius 2 is 1.96 bits per heavy atom. The molecule has 1 saturated carbocycles. The van der Waals surface area contributed by atoms with E-state index in [1.807, 2.05) is 0 Å². The number of hydrogen-bond donors (Lipinski definition) is 2. The number of carbonyl (C=O) groups is 1. The summed E-state index contributed by atoms with van der Waals surface area (Å²) in [5, 5.41) is 14.4. The first-order valence-electron chi connectivity index (χ1n) is 7.21. The van der Waals surface area contributed by atoms with Gasteiger partial charge in [-0.05, 0) is 25.0 Å².